The molecule has 2 aromatic carbocycles. The lowest BCUT2D eigenvalue weighted by atomic mass is 10.1. The van der Waals surface area contributed by atoms with Gasteiger partial charge in [-0.1, -0.05) is 36.0 Å². The van der Waals surface area contributed by atoms with Crippen LogP contribution in [0.5, 0.6) is 0 Å². The van der Waals surface area contributed by atoms with E-state index in [0.29, 0.717) is 17.1 Å². The molecule has 1 amide bonds. The van der Waals surface area contributed by atoms with Gasteiger partial charge in [0.15, 0.2) is 0 Å². The summed E-state index contributed by atoms with van der Waals surface area (Å²) in [6, 6.07) is 10.7. The van der Waals surface area contributed by atoms with E-state index in [9.17, 15) is 9.18 Å². The minimum absolute atomic E-state index is 0.0672. The Hall–Kier alpha value is -1.98. The van der Waals surface area contributed by atoms with Crippen molar-refractivity contribution in [1.29, 1.82) is 0 Å². The molecule has 0 spiro atoms. The maximum atomic E-state index is 12.9. The van der Waals surface area contributed by atoms with Crippen LogP contribution in [0.25, 0.3) is 0 Å². The second-order valence-electron chi connectivity index (χ2n) is 4.42. The molecular formula is C15H12ClFN2OS. The SMILES string of the molecule is NC(=S)Cc1ccc(NC(=O)c2ccc(F)cc2Cl)cc1. The monoisotopic (exact) mass is 322 g/mol. The van der Waals surface area contributed by atoms with Gasteiger partial charge in [0.05, 0.1) is 15.6 Å². The second-order valence-corrected chi connectivity index (χ2v) is 5.35. The first kappa shape index (κ1) is 15.4. The molecule has 3 N–H and O–H groups in total. The summed E-state index contributed by atoms with van der Waals surface area (Å²) >= 11 is 10.7. The van der Waals surface area contributed by atoms with Crippen LogP contribution in [0.4, 0.5) is 10.1 Å². The summed E-state index contributed by atoms with van der Waals surface area (Å²) in [5.41, 5.74) is 7.24. The number of anilines is 1. The summed E-state index contributed by atoms with van der Waals surface area (Å²) in [5, 5.41) is 2.76. The van der Waals surface area contributed by atoms with Crippen molar-refractivity contribution in [2.45, 2.75) is 6.42 Å². The third-order valence-electron chi connectivity index (χ3n) is 2.77. The Kier molecular flexibility index (Phi) is 4.88. The molecule has 0 unspecified atom stereocenters. The minimum atomic E-state index is -0.487. The van der Waals surface area contributed by atoms with Crippen LogP contribution in [0.3, 0.4) is 0 Å². The number of hydrogen-bond donors (Lipinski definition) is 2. The molecule has 0 bridgehead atoms. The predicted molar refractivity (Wildman–Crippen MR) is 86.3 cm³/mol. The first-order valence-electron chi connectivity index (χ1n) is 6.09. The van der Waals surface area contributed by atoms with Gasteiger partial charge in [-0.2, -0.15) is 0 Å². The molecule has 0 aliphatic heterocycles. The Morgan fingerprint density at radius 1 is 1.24 bits per heavy atom. The Labute approximate surface area is 131 Å². The third kappa shape index (κ3) is 4.24. The summed E-state index contributed by atoms with van der Waals surface area (Å²) in [5.74, 6) is -0.888. The number of amides is 1. The Morgan fingerprint density at radius 3 is 2.48 bits per heavy atom. The van der Waals surface area contributed by atoms with Gasteiger partial charge in [0.2, 0.25) is 0 Å². The highest BCUT2D eigenvalue weighted by molar-refractivity contribution is 7.80. The summed E-state index contributed by atoms with van der Waals surface area (Å²) in [4.78, 5) is 12.5. The number of thiocarbonyl (C=S) groups is 1. The van der Waals surface area contributed by atoms with Gasteiger partial charge in [-0.3, -0.25) is 4.79 Å². The highest BCUT2D eigenvalue weighted by Gasteiger charge is 2.11. The number of carbonyl (C=O) groups excluding carboxylic acids is 1. The van der Waals surface area contributed by atoms with Crippen LogP contribution in [0, 0.1) is 5.82 Å². The van der Waals surface area contributed by atoms with Gasteiger partial charge in [0.1, 0.15) is 5.82 Å². The quantitative estimate of drug-likeness (QED) is 0.846. The van der Waals surface area contributed by atoms with E-state index in [2.05, 4.69) is 5.32 Å². The van der Waals surface area contributed by atoms with E-state index < -0.39 is 11.7 Å². The molecule has 0 saturated carbocycles. The fraction of sp³-hybridized carbons (Fsp3) is 0.0667. The lowest BCUT2D eigenvalue weighted by molar-refractivity contribution is 0.102. The van der Waals surface area contributed by atoms with Crippen LogP contribution in [-0.2, 0) is 6.42 Å². The Bertz CT molecular complexity index is 689. The predicted octanol–water partition coefficient (Wildman–Crippen LogP) is 3.56. The zero-order valence-electron chi connectivity index (χ0n) is 10.9. The van der Waals surface area contributed by atoms with Crippen LogP contribution in [-0.4, -0.2) is 10.9 Å². The highest BCUT2D eigenvalue weighted by Crippen LogP contribution is 2.19. The maximum Gasteiger partial charge on any atom is 0.257 e. The zero-order chi connectivity index (χ0) is 15.4. The molecule has 108 valence electrons. The van der Waals surface area contributed by atoms with Gasteiger partial charge in [0, 0.05) is 12.1 Å². The van der Waals surface area contributed by atoms with E-state index in [1.807, 2.05) is 12.1 Å². The van der Waals surface area contributed by atoms with Gasteiger partial charge in [-0.05, 0) is 35.9 Å². The first-order valence-corrected chi connectivity index (χ1v) is 6.88. The standard InChI is InChI=1S/C15H12ClFN2OS/c16-13-8-10(17)3-6-12(13)15(20)19-11-4-1-9(2-5-11)7-14(18)21/h1-6,8H,7H2,(H2,18,21)(H,19,20). The van der Waals surface area contributed by atoms with E-state index in [0.717, 1.165) is 11.6 Å². The smallest absolute Gasteiger partial charge is 0.257 e. The maximum absolute atomic E-state index is 12.9. The molecule has 0 radical (unpaired) electrons. The van der Waals surface area contributed by atoms with Crippen LogP contribution < -0.4 is 11.1 Å². The number of hydrogen-bond acceptors (Lipinski definition) is 2. The minimum Gasteiger partial charge on any atom is -0.393 e. The van der Waals surface area contributed by atoms with E-state index in [1.54, 1.807) is 12.1 Å². The topological polar surface area (TPSA) is 55.1 Å². The van der Waals surface area contributed by atoms with Crippen molar-refractivity contribution in [3.63, 3.8) is 0 Å². The number of carbonyl (C=O) groups is 1. The molecule has 0 aliphatic carbocycles. The molecule has 2 rings (SSSR count). The van der Waals surface area contributed by atoms with Crippen LogP contribution >= 0.6 is 23.8 Å². The van der Waals surface area contributed by atoms with Crippen molar-refractivity contribution in [3.05, 3.63) is 64.4 Å². The van der Waals surface area contributed by atoms with Crippen LogP contribution in [0.2, 0.25) is 5.02 Å². The van der Waals surface area contributed by atoms with Crippen molar-refractivity contribution in [2.24, 2.45) is 5.73 Å². The molecule has 2 aromatic rings. The molecule has 21 heavy (non-hydrogen) atoms. The summed E-state index contributed by atoms with van der Waals surface area (Å²) in [6.45, 7) is 0. The van der Waals surface area contributed by atoms with Crippen molar-refractivity contribution < 1.29 is 9.18 Å². The lowest BCUT2D eigenvalue weighted by Crippen LogP contribution is -2.13. The van der Waals surface area contributed by atoms with Gasteiger partial charge < -0.3 is 11.1 Å². The molecule has 0 heterocycles. The summed E-state index contributed by atoms with van der Waals surface area (Å²) in [7, 11) is 0. The normalized spacial score (nSPS) is 10.2. The number of halogens is 2. The van der Waals surface area contributed by atoms with E-state index >= 15 is 0 Å². The fourth-order valence-corrected chi connectivity index (χ4v) is 2.20. The van der Waals surface area contributed by atoms with Crippen molar-refractivity contribution >= 4 is 40.4 Å². The average molecular weight is 323 g/mol. The number of nitrogens with one attached hydrogen (secondary N) is 1. The zero-order valence-corrected chi connectivity index (χ0v) is 12.5. The molecule has 0 saturated heterocycles. The average Bonchev–Trinajstić information content (AvgIpc) is 2.40. The third-order valence-corrected chi connectivity index (χ3v) is 3.22. The molecule has 0 aliphatic rings. The summed E-state index contributed by atoms with van der Waals surface area (Å²) in [6.07, 6.45) is 0.507. The highest BCUT2D eigenvalue weighted by atomic mass is 35.5. The van der Waals surface area contributed by atoms with E-state index in [1.165, 1.54) is 12.1 Å². The Morgan fingerprint density at radius 2 is 1.90 bits per heavy atom. The summed E-state index contributed by atoms with van der Waals surface area (Å²) < 4.78 is 12.9. The first-order chi connectivity index (χ1) is 9.95. The van der Waals surface area contributed by atoms with E-state index in [-0.39, 0.29) is 10.6 Å². The van der Waals surface area contributed by atoms with Crippen LogP contribution in [0.1, 0.15) is 15.9 Å². The number of rotatable bonds is 4. The second kappa shape index (κ2) is 6.65. The molecule has 0 aromatic heterocycles. The van der Waals surface area contributed by atoms with Gasteiger partial charge in [0.25, 0.3) is 5.91 Å². The number of nitrogens with two attached hydrogens (primary N) is 1. The molecule has 6 heteroatoms. The molecular weight excluding hydrogens is 311 g/mol. The number of benzene rings is 2. The molecule has 3 nitrogen and oxygen atoms in total. The fourth-order valence-electron chi connectivity index (χ4n) is 1.78. The molecule has 0 fully saturated rings. The Balaban J connectivity index is 2.10. The molecule has 0 atom stereocenters. The van der Waals surface area contributed by atoms with Crippen LogP contribution in [0.15, 0.2) is 42.5 Å². The van der Waals surface area contributed by atoms with Gasteiger partial charge in [-0.15, -0.1) is 0 Å². The van der Waals surface area contributed by atoms with Gasteiger partial charge >= 0.3 is 0 Å². The van der Waals surface area contributed by atoms with E-state index in [4.69, 9.17) is 29.6 Å². The lowest BCUT2D eigenvalue weighted by Gasteiger charge is -2.08. The van der Waals surface area contributed by atoms with Crippen molar-refractivity contribution in [2.75, 3.05) is 5.32 Å². The van der Waals surface area contributed by atoms with Crippen molar-refractivity contribution in [1.82, 2.24) is 0 Å². The van der Waals surface area contributed by atoms with Crippen molar-refractivity contribution in [3.8, 4) is 0 Å². The van der Waals surface area contributed by atoms with Gasteiger partial charge in [-0.25, -0.2) is 4.39 Å². The largest absolute Gasteiger partial charge is 0.393 e.